The Balaban J connectivity index is 2.89. The van der Waals surface area contributed by atoms with Crippen LogP contribution in [0.15, 0.2) is 5.16 Å². The predicted octanol–water partition coefficient (Wildman–Crippen LogP) is 1.81. The average Bonchev–Trinajstić information content (AvgIpc) is 2.16. The van der Waals surface area contributed by atoms with Crippen molar-refractivity contribution in [2.75, 3.05) is 19.0 Å². The first-order valence-corrected chi connectivity index (χ1v) is 5.74. The smallest absolute Gasteiger partial charge is 0.321 e. The minimum Gasteiger partial charge on any atom is -0.467 e. The molecule has 0 bridgehead atoms. The van der Waals surface area contributed by atoms with E-state index in [-0.39, 0.29) is 0 Å². The summed E-state index contributed by atoms with van der Waals surface area (Å²) in [5, 5.41) is 4.16. The minimum atomic E-state index is 0.351. The molecule has 5 nitrogen and oxygen atoms in total. The third-order valence-corrected chi connectivity index (χ3v) is 2.32. The Morgan fingerprint density at radius 3 is 2.60 bits per heavy atom. The fourth-order valence-corrected chi connectivity index (χ4v) is 1.62. The number of rotatable bonds is 5. The Morgan fingerprint density at radius 2 is 2.07 bits per heavy atom. The molecule has 0 atom stereocenters. The summed E-state index contributed by atoms with van der Waals surface area (Å²) < 4.78 is 5.01. The maximum absolute atomic E-state index is 5.01. The first kappa shape index (κ1) is 12.0. The zero-order valence-corrected chi connectivity index (χ0v) is 10.3. The normalized spacial score (nSPS) is 10.5. The Hall–Kier alpha value is -1.04. The third kappa shape index (κ3) is 3.91. The van der Waals surface area contributed by atoms with Gasteiger partial charge in [0.1, 0.15) is 0 Å². The van der Waals surface area contributed by atoms with Crippen LogP contribution in [-0.2, 0) is 0 Å². The van der Waals surface area contributed by atoms with Crippen molar-refractivity contribution < 1.29 is 4.74 Å². The molecule has 6 heteroatoms. The molecule has 0 saturated carbocycles. The Labute approximate surface area is 94.1 Å². The number of methoxy groups -OCH3 is 1. The number of ether oxygens (including phenoxy) is 1. The number of thioether (sulfide) groups is 1. The van der Waals surface area contributed by atoms with Crippen molar-refractivity contribution in [3.05, 3.63) is 0 Å². The third-order valence-electron chi connectivity index (χ3n) is 1.45. The number of nitrogens with one attached hydrogen (secondary N) is 1. The number of hydrogen-bond acceptors (Lipinski definition) is 6. The van der Waals surface area contributed by atoms with Crippen LogP contribution in [0.4, 0.5) is 5.95 Å². The van der Waals surface area contributed by atoms with E-state index in [1.807, 2.05) is 6.92 Å². The van der Waals surface area contributed by atoms with Crippen molar-refractivity contribution in [1.29, 1.82) is 0 Å². The summed E-state index contributed by atoms with van der Waals surface area (Å²) in [5.74, 6) is 0.562. The quantitative estimate of drug-likeness (QED) is 0.776. The van der Waals surface area contributed by atoms with Crippen molar-refractivity contribution in [2.24, 2.45) is 0 Å². The fourth-order valence-electron chi connectivity index (χ4n) is 0.930. The van der Waals surface area contributed by atoms with Gasteiger partial charge in [-0.2, -0.15) is 15.0 Å². The molecular formula is C9H16N4OS. The van der Waals surface area contributed by atoms with Gasteiger partial charge in [-0.25, -0.2) is 0 Å². The zero-order valence-electron chi connectivity index (χ0n) is 9.44. The van der Waals surface area contributed by atoms with Gasteiger partial charge in [-0.05, 0) is 6.92 Å². The molecule has 0 aliphatic heterocycles. The fraction of sp³-hybridized carbons (Fsp3) is 0.667. The highest BCUT2D eigenvalue weighted by atomic mass is 32.2. The lowest BCUT2D eigenvalue weighted by atomic mass is 10.6. The Bertz CT molecular complexity index is 319. The van der Waals surface area contributed by atoms with E-state index in [9.17, 15) is 0 Å². The standard InChI is InChI=1S/C9H16N4OS/c1-5-10-7-11-8(14-4)13-9(12-7)15-6(2)3/h6H,5H2,1-4H3,(H,10,11,12,13). The minimum absolute atomic E-state index is 0.351. The second-order valence-electron chi connectivity index (χ2n) is 3.13. The summed E-state index contributed by atoms with van der Waals surface area (Å²) in [4.78, 5) is 12.5. The molecule has 0 fully saturated rings. The molecule has 15 heavy (non-hydrogen) atoms. The van der Waals surface area contributed by atoms with Crippen molar-refractivity contribution in [2.45, 2.75) is 31.2 Å². The van der Waals surface area contributed by atoms with Gasteiger partial charge >= 0.3 is 6.01 Å². The summed E-state index contributed by atoms with van der Waals surface area (Å²) in [6, 6.07) is 0.351. The lowest BCUT2D eigenvalue weighted by molar-refractivity contribution is 0.373. The van der Waals surface area contributed by atoms with E-state index < -0.39 is 0 Å². The van der Waals surface area contributed by atoms with E-state index in [1.165, 1.54) is 0 Å². The molecule has 1 rings (SSSR count). The van der Waals surface area contributed by atoms with Crippen molar-refractivity contribution in [3.63, 3.8) is 0 Å². The van der Waals surface area contributed by atoms with Crippen molar-refractivity contribution >= 4 is 17.7 Å². The molecule has 1 N–H and O–H groups in total. The van der Waals surface area contributed by atoms with Gasteiger partial charge in [-0.1, -0.05) is 25.6 Å². The van der Waals surface area contributed by atoms with Crippen LogP contribution in [0, 0.1) is 0 Å². The second kappa shape index (κ2) is 5.75. The van der Waals surface area contributed by atoms with Crippen LogP contribution >= 0.6 is 11.8 Å². The molecule has 84 valence electrons. The molecule has 0 saturated heterocycles. The van der Waals surface area contributed by atoms with Gasteiger partial charge in [0, 0.05) is 11.8 Å². The highest BCUT2D eigenvalue weighted by Gasteiger charge is 2.08. The number of hydrogen-bond donors (Lipinski definition) is 1. The van der Waals surface area contributed by atoms with Gasteiger partial charge < -0.3 is 10.1 Å². The summed E-state index contributed by atoms with van der Waals surface area (Å²) in [6.07, 6.45) is 0. The van der Waals surface area contributed by atoms with Crippen molar-refractivity contribution in [3.8, 4) is 6.01 Å². The molecule has 0 spiro atoms. The summed E-state index contributed by atoms with van der Waals surface area (Å²) in [7, 11) is 1.55. The maximum atomic E-state index is 5.01. The van der Waals surface area contributed by atoms with Crippen LogP contribution in [0.3, 0.4) is 0 Å². The molecule has 0 aliphatic carbocycles. The zero-order chi connectivity index (χ0) is 11.3. The molecule has 1 aromatic heterocycles. The molecule has 0 aromatic carbocycles. The Kier molecular flexibility index (Phi) is 4.61. The van der Waals surface area contributed by atoms with Crippen LogP contribution < -0.4 is 10.1 Å². The van der Waals surface area contributed by atoms with Gasteiger partial charge in [-0.15, -0.1) is 0 Å². The van der Waals surface area contributed by atoms with Crippen LogP contribution in [0.5, 0.6) is 6.01 Å². The molecular weight excluding hydrogens is 212 g/mol. The van der Waals surface area contributed by atoms with Crippen LogP contribution in [0.1, 0.15) is 20.8 Å². The summed E-state index contributed by atoms with van der Waals surface area (Å²) in [6.45, 7) is 6.95. The number of anilines is 1. The van der Waals surface area contributed by atoms with Gasteiger partial charge in [0.05, 0.1) is 7.11 Å². The van der Waals surface area contributed by atoms with Gasteiger partial charge in [0.25, 0.3) is 0 Å². The topological polar surface area (TPSA) is 59.9 Å². The molecule has 1 aromatic rings. The molecule has 0 radical (unpaired) electrons. The van der Waals surface area contributed by atoms with Crippen LogP contribution in [0.2, 0.25) is 0 Å². The van der Waals surface area contributed by atoms with Gasteiger partial charge in [0.15, 0.2) is 5.16 Å². The molecule has 0 aliphatic rings. The largest absolute Gasteiger partial charge is 0.467 e. The highest BCUT2D eigenvalue weighted by molar-refractivity contribution is 7.99. The second-order valence-corrected chi connectivity index (χ2v) is 4.67. The summed E-state index contributed by atoms with van der Waals surface area (Å²) >= 11 is 1.59. The SMILES string of the molecule is CCNc1nc(OC)nc(SC(C)C)n1. The Morgan fingerprint density at radius 1 is 1.33 bits per heavy atom. The summed E-state index contributed by atoms with van der Waals surface area (Å²) in [5.41, 5.74) is 0. The first-order chi connectivity index (χ1) is 7.15. The number of nitrogens with zero attached hydrogens (tertiary/aromatic N) is 3. The van der Waals surface area contributed by atoms with E-state index in [0.29, 0.717) is 22.4 Å². The van der Waals surface area contributed by atoms with Crippen molar-refractivity contribution in [1.82, 2.24) is 15.0 Å². The van der Waals surface area contributed by atoms with E-state index in [0.717, 1.165) is 6.54 Å². The van der Waals surface area contributed by atoms with Crippen LogP contribution in [-0.4, -0.2) is 33.9 Å². The van der Waals surface area contributed by atoms with E-state index in [4.69, 9.17) is 4.74 Å². The maximum Gasteiger partial charge on any atom is 0.321 e. The lowest BCUT2D eigenvalue weighted by Crippen LogP contribution is -2.06. The van der Waals surface area contributed by atoms with Gasteiger partial charge in [0.2, 0.25) is 5.95 Å². The molecule has 0 unspecified atom stereocenters. The lowest BCUT2D eigenvalue weighted by Gasteiger charge is -2.07. The van der Waals surface area contributed by atoms with Gasteiger partial charge in [-0.3, -0.25) is 0 Å². The van der Waals surface area contributed by atoms with E-state index in [1.54, 1.807) is 18.9 Å². The van der Waals surface area contributed by atoms with E-state index in [2.05, 4.69) is 34.1 Å². The van der Waals surface area contributed by atoms with E-state index >= 15 is 0 Å². The highest BCUT2D eigenvalue weighted by Crippen LogP contribution is 2.21. The average molecular weight is 228 g/mol. The first-order valence-electron chi connectivity index (χ1n) is 4.86. The number of aromatic nitrogens is 3. The molecule has 0 amide bonds. The van der Waals surface area contributed by atoms with Crippen LogP contribution in [0.25, 0.3) is 0 Å². The monoisotopic (exact) mass is 228 g/mol. The molecule has 1 heterocycles. The predicted molar refractivity (Wildman–Crippen MR) is 61.5 cm³/mol.